The van der Waals surface area contributed by atoms with E-state index in [1.54, 1.807) is 0 Å². The van der Waals surface area contributed by atoms with E-state index in [-0.39, 0.29) is 11.4 Å². The Kier molecular flexibility index (Phi) is 5.88. The van der Waals surface area contributed by atoms with Crippen molar-refractivity contribution >= 4 is 11.9 Å². The van der Waals surface area contributed by atoms with Gasteiger partial charge in [-0.3, -0.25) is 9.69 Å². The van der Waals surface area contributed by atoms with Crippen LogP contribution in [-0.2, 0) is 9.53 Å². The number of hydrogen-bond acceptors (Lipinski definition) is 4. The van der Waals surface area contributed by atoms with E-state index in [2.05, 4.69) is 10.2 Å². The Balaban J connectivity index is 1.12. The largest absolute Gasteiger partial charge is 0.381 e. The van der Waals surface area contributed by atoms with Crippen LogP contribution in [0.2, 0.25) is 0 Å². The predicted octanol–water partition coefficient (Wildman–Crippen LogP) is 1.14. The summed E-state index contributed by atoms with van der Waals surface area (Å²) >= 11 is 0. The van der Waals surface area contributed by atoms with E-state index < -0.39 is 0 Å². The maximum atomic E-state index is 12.5. The second-order valence-electron chi connectivity index (χ2n) is 8.85. The van der Waals surface area contributed by atoms with Crippen LogP contribution in [0.1, 0.15) is 38.5 Å². The average molecular weight is 379 g/mol. The Hall–Kier alpha value is -1.34. The molecular formula is C20H34N4O3. The number of ether oxygens (including phenoxy) is 1. The van der Waals surface area contributed by atoms with E-state index in [0.29, 0.717) is 18.4 Å². The third-order valence-electron chi connectivity index (χ3n) is 6.97. The minimum atomic E-state index is 0.0660. The van der Waals surface area contributed by atoms with Crippen molar-refractivity contribution in [2.75, 3.05) is 65.6 Å². The lowest BCUT2D eigenvalue weighted by Crippen LogP contribution is -2.52. The zero-order valence-electron chi connectivity index (χ0n) is 16.5. The SMILES string of the molecule is O=C(NCCN1CCN(C(=O)C2CCC2)CC1)N1CCC2(CCCOC2)C1. The molecule has 1 aliphatic carbocycles. The van der Waals surface area contributed by atoms with E-state index in [0.717, 1.165) is 84.7 Å². The summed E-state index contributed by atoms with van der Waals surface area (Å²) in [6.07, 6.45) is 6.73. The number of likely N-dealkylation sites (tertiary alicyclic amines) is 1. The standard InChI is InChI=1S/C20H34N4O3/c25-18(17-3-1-4-17)23-12-10-22(11-13-23)9-7-21-19(26)24-8-6-20(15-24)5-2-14-27-16-20/h17H,1-16H2,(H,21,26). The Bertz CT molecular complexity index is 537. The molecule has 4 aliphatic rings. The van der Waals surface area contributed by atoms with Gasteiger partial charge in [-0.05, 0) is 32.1 Å². The molecule has 3 aliphatic heterocycles. The number of rotatable bonds is 4. The number of piperazine rings is 1. The molecule has 0 aromatic heterocycles. The van der Waals surface area contributed by atoms with Crippen LogP contribution in [0.5, 0.6) is 0 Å². The van der Waals surface area contributed by atoms with Crippen LogP contribution in [0.15, 0.2) is 0 Å². The first-order valence-electron chi connectivity index (χ1n) is 10.8. The van der Waals surface area contributed by atoms with Crippen molar-refractivity contribution in [2.24, 2.45) is 11.3 Å². The quantitative estimate of drug-likeness (QED) is 0.797. The third kappa shape index (κ3) is 4.40. The maximum Gasteiger partial charge on any atom is 0.317 e. The topological polar surface area (TPSA) is 65.1 Å². The number of nitrogens with one attached hydrogen (secondary N) is 1. The van der Waals surface area contributed by atoms with Gasteiger partial charge in [-0.1, -0.05) is 6.42 Å². The van der Waals surface area contributed by atoms with Crippen molar-refractivity contribution in [1.82, 2.24) is 20.0 Å². The first-order chi connectivity index (χ1) is 13.2. The molecular weight excluding hydrogens is 344 g/mol. The van der Waals surface area contributed by atoms with Crippen molar-refractivity contribution in [3.8, 4) is 0 Å². The summed E-state index contributed by atoms with van der Waals surface area (Å²) in [6, 6.07) is 0.0660. The number of urea groups is 1. The highest BCUT2D eigenvalue weighted by atomic mass is 16.5. The molecule has 3 amide bonds. The van der Waals surface area contributed by atoms with Gasteiger partial charge in [0.2, 0.25) is 5.91 Å². The van der Waals surface area contributed by atoms with Gasteiger partial charge in [0, 0.05) is 70.3 Å². The van der Waals surface area contributed by atoms with E-state index in [4.69, 9.17) is 4.74 Å². The van der Waals surface area contributed by atoms with Gasteiger partial charge in [0.05, 0.1) is 6.61 Å². The second-order valence-corrected chi connectivity index (χ2v) is 8.85. The number of hydrogen-bond donors (Lipinski definition) is 1. The van der Waals surface area contributed by atoms with Crippen LogP contribution in [0.25, 0.3) is 0 Å². The summed E-state index contributed by atoms with van der Waals surface area (Å²) in [5.41, 5.74) is 0.207. The van der Waals surface area contributed by atoms with Crippen LogP contribution in [0.4, 0.5) is 4.79 Å². The molecule has 4 rings (SSSR count). The summed E-state index contributed by atoms with van der Waals surface area (Å²) in [4.78, 5) is 31.1. The molecule has 152 valence electrons. The minimum Gasteiger partial charge on any atom is -0.381 e. The predicted molar refractivity (Wildman–Crippen MR) is 102 cm³/mol. The molecule has 7 nitrogen and oxygen atoms in total. The number of carbonyl (C=O) groups excluding carboxylic acids is 2. The van der Waals surface area contributed by atoms with Crippen LogP contribution >= 0.6 is 0 Å². The minimum absolute atomic E-state index is 0.0660. The van der Waals surface area contributed by atoms with Gasteiger partial charge >= 0.3 is 6.03 Å². The molecule has 7 heteroatoms. The third-order valence-corrected chi connectivity index (χ3v) is 6.97. The van der Waals surface area contributed by atoms with Gasteiger partial charge in [-0.15, -0.1) is 0 Å². The summed E-state index contributed by atoms with van der Waals surface area (Å²) in [5, 5.41) is 3.09. The maximum absolute atomic E-state index is 12.5. The zero-order valence-corrected chi connectivity index (χ0v) is 16.5. The normalized spacial score (nSPS) is 29.8. The Morgan fingerprint density at radius 3 is 2.48 bits per heavy atom. The van der Waals surface area contributed by atoms with Crippen molar-refractivity contribution in [2.45, 2.75) is 38.5 Å². The Morgan fingerprint density at radius 1 is 1.00 bits per heavy atom. The van der Waals surface area contributed by atoms with E-state index in [1.165, 1.54) is 12.8 Å². The molecule has 0 aromatic carbocycles. The monoisotopic (exact) mass is 378 g/mol. The van der Waals surface area contributed by atoms with Crippen molar-refractivity contribution < 1.29 is 14.3 Å². The summed E-state index contributed by atoms with van der Waals surface area (Å²) in [7, 11) is 0. The van der Waals surface area contributed by atoms with Crippen molar-refractivity contribution in [3.05, 3.63) is 0 Å². The van der Waals surface area contributed by atoms with E-state index in [9.17, 15) is 9.59 Å². The first-order valence-corrected chi connectivity index (χ1v) is 10.8. The van der Waals surface area contributed by atoms with Crippen molar-refractivity contribution in [1.29, 1.82) is 0 Å². The lowest BCUT2D eigenvalue weighted by Gasteiger charge is -2.38. The van der Waals surface area contributed by atoms with E-state index in [1.807, 2.05) is 9.80 Å². The molecule has 3 saturated heterocycles. The molecule has 27 heavy (non-hydrogen) atoms. The molecule has 1 atom stereocenters. The Morgan fingerprint density at radius 2 is 1.81 bits per heavy atom. The van der Waals surface area contributed by atoms with Gasteiger partial charge in [-0.2, -0.15) is 0 Å². The molecule has 0 bridgehead atoms. The van der Waals surface area contributed by atoms with Crippen LogP contribution < -0.4 is 5.32 Å². The van der Waals surface area contributed by atoms with Gasteiger partial charge in [0.1, 0.15) is 0 Å². The highest BCUT2D eigenvalue weighted by molar-refractivity contribution is 5.79. The lowest BCUT2D eigenvalue weighted by molar-refractivity contribution is -0.139. The molecule has 4 fully saturated rings. The van der Waals surface area contributed by atoms with Gasteiger partial charge in [0.15, 0.2) is 0 Å². The second kappa shape index (κ2) is 8.35. The van der Waals surface area contributed by atoms with Crippen LogP contribution in [0, 0.1) is 11.3 Å². The smallest absolute Gasteiger partial charge is 0.317 e. The Labute approximate surface area is 162 Å². The molecule has 3 heterocycles. The highest BCUT2D eigenvalue weighted by Gasteiger charge is 2.41. The number of nitrogens with zero attached hydrogens (tertiary/aromatic N) is 3. The van der Waals surface area contributed by atoms with Gasteiger partial charge in [0.25, 0.3) is 0 Å². The van der Waals surface area contributed by atoms with Crippen molar-refractivity contribution in [3.63, 3.8) is 0 Å². The van der Waals surface area contributed by atoms with Gasteiger partial charge < -0.3 is 19.9 Å². The average Bonchev–Trinajstić information content (AvgIpc) is 3.05. The van der Waals surface area contributed by atoms with Gasteiger partial charge in [-0.25, -0.2) is 4.79 Å². The first kappa shape index (κ1) is 19.0. The number of carbonyl (C=O) groups is 2. The molecule has 0 aromatic rings. The number of amides is 3. The fourth-order valence-electron chi connectivity index (χ4n) is 4.88. The summed E-state index contributed by atoms with van der Waals surface area (Å²) < 4.78 is 5.65. The van der Waals surface area contributed by atoms with E-state index >= 15 is 0 Å². The van der Waals surface area contributed by atoms with Crippen LogP contribution in [-0.4, -0.2) is 92.2 Å². The molecule has 1 saturated carbocycles. The highest BCUT2D eigenvalue weighted by Crippen LogP contribution is 2.37. The fourth-order valence-corrected chi connectivity index (χ4v) is 4.88. The zero-order chi connectivity index (χ0) is 18.7. The summed E-state index contributed by atoms with van der Waals surface area (Å²) in [5.74, 6) is 0.665. The molecule has 0 radical (unpaired) electrons. The molecule has 1 spiro atoms. The lowest BCUT2D eigenvalue weighted by atomic mass is 9.82. The van der Waals surface area contributed by atoms with Crippen LogP contribution in [0.3, 0.4) is 0 Å². The molecule has 1 N–H and O–H groups in total. The fraction of sp³-hybridized carbons (Fsp3) is 0.900. The molecule has 1 unspecified atom stereocenters. The summed E-state index contributed by atoms with van der Waals surface area (Å²) in [6.45, 7) is 8.38.